The van der Waals surface area contributed by atoms with Gasteiger partial charge >= 0.3 is 12.1 Å². The van der Waals surface area contributed by atoms with E-state index < -0.39 is 11.6 Å². The number of nitrogens with zero attached hydrogens (tertiary/aromatic N) is 2. The van der Waals surface area contributed by atoms with Crippen LogP contribution < -0.4 is 0 Å². The van der Waals surface area contributed by atoms with Gasteiger partial charge in [-0.2, -0.15) is 0 Å². The molecule has 2 aromatic rings. The van der Waals surface area contributed by atoms with Crippen LogP contribution in [0.2, 0.25) is 0 Å². The Labute approximate surface area is 216 Å². The van der Waals surface area contributed by atoms with Crippen LogP contribution in [0.15, 0.2) is 60.7 Å². The Bertz CT molecular complexity index is 973. The molecule has 36 heavy (non-hydrogen) atoms. The highest BCUT2D eigenvalue weighted by Gasteiger charge is 2.48. The topological polar surface area (TPSA) is 59.1 Å². The summed E-state index contributed by atoms with van der Waals surface area (Å²) in [6, 6.07) is 19.3. The number of likely N-dealkylation sites (tertiary alicyclic amines) is 1. The first-order chi connectivity index (χ1) is 17.1. The van der Waals surface area contributed by atoms with Gasteiger partial charge in [0.05, 0.1) is 6.04 Å². The summed E-state index contributed by atoms with van der Waals surface area (Å²) in [6.07, 6.45) is 2.05. The van der Waals surface area contributed by atoms with E-state index in [1.807, 2.05) is 69.3 Å². The van der Waals surface area contributed by atoms with E-state index in [1.54, 1.807) is 11.9 Å². The normalized spacial score (nSPS) is 21.1. The lowest BCUT2D eigenvalue weighted by Crippen LogP contribution is -2.48. The molecule has 6 heteroatoms. The van der Waals surface area contributed by atoms with E-state index in [-0.39, 0.29) is 30.8 Å². The van der Waals surface area contributed by atoms with Crippen molar-refractivity contribution in [1.82, 2.24) is 9.80 Å². The fraction of sp³-hybridized carbons (Fsp3) is 0.533. The average molecular weight is 495 g/mol. The first-order valence-electron chi connectivity index (χ1n) is 13.0. The van der Waals surface area contributed by atoms with Crippen LogP contribution in [0.1, 0.15) is 65.0 Å². The lowest BCUT2D eigenvalue weighted by atomic mass is 9.94. The highest BCUT2D eigenvalue weighted by molar-refractivity contribution is 5.77. The third-order valence-corrected chi connectivity index (χ3v) is 6.95. The number of esters is 1. The van der Waals surface area contributed by atoms with E-state index in [0.717, 1.165) is 24.0 Å². The van der Waals surface area contributed by atoms with E-state index in [9.17, 15) is 9.59 Å². The molecule has 0 aliphatic carbocycles. The summed E-state index contributed by atoms with van der Waals surface area (Å²) < 4.78 is 11.5. The molecule has 196 valence electrons. The van der Waals surface area contributed by atoms with Crippen molar-refractivity contribution in [3.8, 4) is 0 Å². The third-order valence-electron chi connectivity index (χ3n) is 6.95. The molecule has 0 aromatic heterocycles. The van der Waals surface area contributed by atoms with Gasteiger partial charge in [-0.1, -0.05) is 80.9 Å². The number of carbonyl (C=O) groups is 2. The smallest absolute Gasteiger partial charge is 0.410 e. The van der Waals surface area contributed by atoms with Crippen molar-refractivity contribution >= 4 is 12.1 Å². The van der Waals surface area contributed by atoms with Crippen LogP contribution in [0.3, 0.4) is 0 Å². The largest absolute Gasteiger partial charge is 0.459 e. The summed E-state index contributed by atoms with van der Waals surface area (Å²) in [5.74, 6) is 0.211. The molecular formula is C30H42N2O4. The van der Waals surface area contributed by atoms with Crippen LogP contribution in [0.25, 0.3) is 0 Å². The maximum atomic E-state index is 13.4. The zero-order valence-electron chi connectivity index (χ0n) is 22.6. The Kier molecular flexibility index (Phi) is 9.55. The Balaban J connectivity index is 1.87. The van der Waals surface area contributed by atoms with Crippen molar-refractivity contribution in [3.05, 3.63) is 71.8 Å². The maximum Gasteiger partial charge on any atom is 0.410 e. The van der Waals surface area contributed by atoms with Crippen LogP contribution in [0, 0.1) is 5.92 Å². The lowest BCUT2D eigenvalue weighted by molar-refractivity contribution is -0.161. The SMILES string of the molecule is CCC(C)C[C@H]1[C@H](N(C)C(=O)OCc2ccccc2)C[C@H](C(=O)OC(C)(C)C)N1Cc1ccccc1. The van der Waals surface area contributed by atoms with Crippen LogP contribution in [-0.2, 0) is 27.4 Å². The number of amides is 1. The minimum Gasteiger partial charge on any atom is -0.459 e. The van der Waals surface area contributed by atoms with Gasteiger partial charge in [-0.15, -0.1) is 0 Å². The van der Waals surface area contributed by atoms with E-state index in [2.05, 4.69) is 30.9 Å². The molecule has 1 fully saturated rings. The zero-order chi connectivity index (χ0) is 26.3. The van der Waals surface area contributed by atoms with Crippen molar-refractivity contribution in [2.75, 3.05) is 7.05 Å². The van der Waals surface area contributed by atoms with Gasteiger partial charge < -0.3 is 14.4 Å². The number of hydrogen-bond acceptors (Lipinski definition) is 5. The Hall–Kier alpha value is -2.86. The quantitative estimate of drug-likeness (QED) is 0.398. The molecule has 1 saturated heterocycles. The van der Waals surface area contributed by atoms with Crippen LogP contribution in [-0.4, -0.2) is 52.6 Å². The number of rotatable bonds is 9. The fourth-order valence-electron chi connectivity index (χ4n) is 4.84. The van der Waals surface area contributed by atoms with E-state index >= 15 is 0 Å². The fourth-order valence-corrected chi connectivity index (χ4v) is 4.84. The predicted molar refractivity (Wildman–Crippen MR) is 142 cm³/mol. The minimum atomic E-state index is -0.583. The summed E-state index contributed by atoms with van der Waals surface area (Å²) in [7, 11) is 1.79. The van der Waals surface area contributed by atoms with Gasteiger partial charge in [0.15, 0.2) is 0 Å². The molecule has 4 atom stereocenters. The highest BCUT2D eigenvalue weighted by Crippen LogP contribution is 2.35. The first kappa shape index (κ1) is 27.7. The maximum absolute atomic E-state index is 13.4. The van der Waals surface area contributed by atoms with Gasteiger partial charge in [-0.3, -0.25) is 9.69 Å². The lowest BCUT2D eigenvalue weighted by Gasteiger charge is -2.35. The van der Waals surface area contributed by atoms with E-state index in [1.165, 1.54) is 0 Å². The average Bonchev–Trinajstić information content (AvgIpc) is 3.19. The van der Waals surface area contributed by atoms with Gasteiger partial charge in [0.1, 0.15) is 18.2 Å². The number of hydrogen-bond donors (Lipinski definition) is 0. The second-order valence-corrected chi connectivity index (χ2v) is 11.0. The monoisotopic (exact) mass is 494 g/mol. The number of ether oxygens (including phenoxy) is 2. The summed E-state index contributed by atoms with van der Waals surface area (Å²) in [4.78, 5) is 30.5. The van der Waals surface area contributed by atoms with Crippen LogP contribution in [0.5, 0.6) is 0 Å². The highest BCUT2D eigenvalue weighted by atomic mass is 16.6. The van der Waals surface area contributed by atoms with Crippen molar-refractivity contribution in [2.24, 2.45) is 5.92 Å². The molecular weight excluding hydrogens is 452 g/mol. The number of carbonyl (C=O) groups excluding carboxylic acids is 2. The van der Waals surface area contributed by atoms with Gasteiger partial charge in [-0.25, -0.2) is 4.79 Å². The number of benzene rings is 2. The van der Waals surface area contributed by atoms with Gasteiger partial charge in [-0.05, 0) is 50.7 Å². The zero-order valence-corrected chi connectivity index (χ0v) is 22.6. The predicted octanol–water partition coefficient (Wildman–Crippen LogP) is 6.04. The summed E-state index contributed by atoms with van der Waals surface area (Å²) in [5.41, 5.74) is 1.50. The second-order valence-electron chi connectivity index (χ2n) is 11.0. The standard InChI is InChI=1S/C30H42N2O4/c1-7-22(2)18-26-25(31(6)29(34)35-21-24-16-12-9-13-17-24)19-27(28(33)36-30(3,4)5)32(26)20-23-14-10-8-11-15-23/h8-17,22,25-27H,7,18-21H2,1-6H3/t22?,25-,26+,27-/m1/s1. The molecule has 1 heterocycles. The number of likely N-dealkylation sites (N-methyl/N-ethyl adjacent to an activating group) is 1. The second kappa shape index (κ2) is 12.4. The molecule has 0 saturated carbocycles. The molecule has 0 bridgehead atoms. The molecule has 3 rings (SSSR count). The van der Waals surface area contributed by atoms with Crippen LogP contribution in [0.4, 0.5) is 4.79 Å². The molecule has 1 unspecified atom stereocenters. The Morgan fingerprint density at radius 2 is 1.61 bits per heavy atom. The van der Waals surface area contributed by atoms with Gasteiger partial charge in [0.25, 0.3) is 0 Å². The van der Waals surface area contributed by atoms with Crippen molar-refractivity contribution in [1.29, 1.82) is 0 Å². The Morgan fingerprint density at radius 1 is 1.03 bits per heavy atom. The summed E-state index contributed by atoms with van der Waals surface area (Å²) >= 11 is 0. The molecule has 1 aliphatic heterocycles. The minimum absolute atomic E-state index is 0.00643. The van der Waals surface area contributed by atoms with Gasteiger partial charge in [0, 0.05) is 19.6 Å². The molecule has 0 spiro atoms. The van der Waals surface area contributed by atoms with Gasteiger partial charge in [0.2, 0.25) is 0 Å². The van der Waals surface area contributed by atoms with Crippen molar-refractivity contribution in [3.63, 3.8) is 0 Å². The molecule has 6 nitrogen and oxygen atoms in total. The van der Waals surface area contributed by atoms with Crippen LogP contribution >= 0.6 is 0 Å². The molecule has 2 aromatic carbocycles. The summed E-state index contributed by atoms with van der Waals surface area (Å²) in [5, 5.41) is 0. The molecule has 0 N–H and O–H groups in total. The third kappa shape index (κ3) is 7.57. The van der Waals surface area contributed by atoms with E-state index in [0.29, 0.717) is 18.9 Å². The summed E-state index contributed by atoms with van der Waals surface area (Å²) in [6.45, 7) is 10.9. The van der Waals surface area contributed by atoms with Crippen molar-refractivity contribution in [2.45, 2.75) is 90.8 Å². The first-order valence-corrected chi connectivity index (χ1v) is 13.0. The Morgan fingerprint density at radius 3 is 2.17 bits per heavy atom. The van der Waals surface area contributed by atoms with E-state index in [4.69, 9.17) is 9.47 Å². The molecule has 0 radical (unpaired) electrons. The molecule has 1 amide bonds. The van der Waals surface area contributed by atoms with Crippen molar-refractivity contribution < 1.29 is 19.1 Å². The molecule has 1 aliphatic rings.